The zero-order chi connectivity index (χ0) is 14.9. The highest BCUT2D eigenvalue weighted by Crippen LogP contribution is 2.05. The molecule has 0 heterocycles. The van der Waals surface area contributed by atoms with Gasteiger partial charge in [0.15, 0.2) is 0 Å². The van der Waals surface area contributed by atoms with Crippen LogP contribution in [0.1, 0.15) is 84.5 Å². The average Bonchev–Trinajstić information content (AvgIpc) is 2.45. The van der Waals surface area contributed by atoms with Gasteiger partial charge in [0.05, 0.1) is 6.61 Å². The Morgan fingerprint density at radius 1 is 0.700 bits per heavy atom. The summed E-state index contributed by atoms with van der Waals surface area (Å²) in [6.07, 6.45) is 12.7. The number of carbonyl (C=O) groups is 1. The van der Waals surface area contributed by atoms with E-state index in [1.807, 2.05) is 0 Å². The number of ether oxygens (including phenoxy) is 2. The topological polar surface area (TPSA) is 35.5 Å². The first-order valence-corrected chi connectivity index (χ1v) is 8.54. The van der Waals surface area contributed by atoms with E-state index in [2.05, 4.69) is 13.8 Å². The molecule has 0 N–H and O–H groups in total. The standard InChI is InChI=1S/C17H34O3/c1-3-5-7-9-10-12-14-19-15-16-20-17(18)13-11-8-6-4-2/h3-16H2,1-2H3. The first-order chi connectivity index (χ1) is 9.81. The summed E-state index contributed by atoms with van der Waals surface area (Å²) >= 11 is 0. The van der Waals surface area contributed by atoms with Gasteiger partial charge in [-0.2, -0.15) is 0 Å². The third-order valence-electron chi connectivity index (χ3n) is 3.37. The summed E-state index contributed by atoms with van der Waals surface area (Å²) < 4.78 is 10.6. The summed E-state index contributed by atoms with van der Waals surface area (Å²) in [4.78, 5) is 11.4. The second-order valence-electron chi connectivity index (χ2n) is 5.41. The first kappa shape index (κ1) is 19.4. The van der Waals surface area contributed by atoms with E-state index in [0.29, 0.717) is 19.6 Å². The first-order valence-electron chi connectivity index (χ1n) is 8.54. The molecule has 3 nitrogen and oxygen atoms in total. The predicted molar refractivity (Wildman–Crippen MR) is 83.9 cm³/mol. The molecule has 0 radical (unpaired) electrons. The summed E-state index contributed by atoms with van der Waals surface area (Å²) in [7, 11) is 0. The third-order valence-corrected chi connectivity index (χ3v) is 3.37. The Balaban J connectivity index is 3.09. The van der Waals surface area contributed by atoms with Crippen LogP contribution in [0.3, 0.4) is 0 Å². The zero-order valence-corrected chi connectivity index (χ0v) is 13.6. The number of unbranched alkanes of at least 4 members (excludes halogenated alkanes) is 8. The van der Waals surface area contributed by atoms with Crippen molar-refractivity contribution >= 4 is 5.97 Å². The van der Waals surface area contributed by atoms with Gasteiger partial charge < -0.3 is 9.47 Å². The van der Waals surface area contributed by atoms with Crippen molar-refractivity contribution in [3.8, 4) is 0 Å². The SMILES string of the molecule is CCCCCCCCOCCOC(=O)CCCCCC. The molecule has 0 spiro atoms. The van der Waals surface area contributed by atoms with E-state index in [0.717, 1.165) is 25.9 Å². The van der Waals surface area contributed by atoms with Crippen LogP contribution in [0.25, 0.3) is 0 Å². The minimum absolute atomic E-state index is 0.0794. The average molecular weight is 286 g/mol. The molecule has 0 bridgehead atoms. The Hall–Kier alpha value is -0.570. The van der Waals surface area contributed by atoms with Crippen molar-refractivity contribution in [2.45, 2.75) is 84.5 Å². The third kappa shape index (κ3) is 15.5. The zero-order valence-electron chi connectivity index (χ0n) is 13.6. The molecular weight excluding hydrogens is 252 g/mol. The Morgan fingerprint density at radius 2 is 1.30 bits per heavy atom. The van der Waals surface area contributed by atoms with Crippen LogP contribution in [0.2, 0.25) is 0 Å². The fraction of sp³-hybridized carbons (Fsp3) is 0.941. The van der Waals surface area contributed by atoms with Crippen LogP contribution in [0.5, 0.6) is 0 Å². The van der Waals surface area contributed by atoms with Crippen molar-refractivity contribution in [2.24, 2.45) is 0 Å². The van der Waals surface area contributed by atoms with E-state index in [1.165, 1.54) is 44.9 Å². The van der Waals surface area contributed by atoms with Crippen LogP contribution in [0.4, 0.5) is 0 Å². The molecule has 0 unspecified atom stereocenters. The predicted octanol–water partition coefficient (Wildman–Crippen LogP) is 4.88. The van der Waals surface area contributed by atoms with E-state index < -0.39 is 0 Å². The fourth-order valence-corrected chi connectivity index (χ4v) is 2.07. The van der Waals surface area contributed by atoms with Gasteiger partial charge in [-0.15, -0.1) is 0 Å². The van der Waals surface area contributed by atoms with Crippen molar-refractivity contribution in [3.05, 3.63) is 0 Å². The molecule has 0 aliphatic carbocycles. The van der Waals surface area contributed by atoms with Gasteiger partial charge in [0.2, 0.25) is 0 Å². The molecule has 0 aliphatic heterocycles. The maximum Gasteiger partial charge on any atom is 0.305 e. The molecule has 0 aromatic rings. The monoisotopic (exact) mass is 286 g/mol. The number of carbonyl (C=O) groups excluding carboxylic acids is 1. The van der Waals surface area contributed by atoms with Gasteiger partial charge in [-0.25, -0.2) is 0 Å². The second-order valence-corrected chi connectivity index (χ2v) is 5.41. The van der Waals surface area contributed by atoms with Crippen molar-refractivity contribution in [1.82, 2.24) is 0 Å². The van der Waals surface area contributed by atoms with E-state index in [1.54, 1.807) is 0 Å². The lowest BCUT2D eigenvalue weighted by atomic mass is 10.1. The van der Waals surface area contributed by atoms with Gasteiger partial charge in [-0.1, -0.05) is 65.2 Å². The molecule has 0 aliphatic rings. The lowest BCUT2D eigenvalue weighted by Crippen LogP contribution is -2.10. The normalized spacial score (nSPS) is 10.7. The molecule has 0 atom stereocenters. The number of rotatable bonds is 15. The Bertz CT molecular complexity index is 204. The highest BCUT2D eigenvalue weighted by atomic mass is 16.6. The molecule has 0 saturated heterocycles. The molecule has 0 saturated carbocycles. The summed E-state index contributed by atoms with van der Waals surface area (Å²) in [5, 5.41) is 0. The maximum atomic E-state index is 11.4. The summed E-state index contributed by atoms with van der Waals surface area (Å²) in [5.41, 5.74) is 0. The molecule has 20 heavy (non-hydrogen) atoms. The van der Waals surface area contributed by atoms with Crippen LogP contribution in [0, 0.1) is 0 Å². The van der Waals surface area contributed by atoms with Crippen molar-refractivity contribution in [3.63, 3.8) is 0 Å². The van der Waals surface area contributed by atoms with Crippen LogP contribution in [-0.2, 0) is 14.3 Å². The van der Waals surface area contributed by atoms with Gasteiger partial charge in [-0.05, 0) is 12.8 Å². The van der Waals surface area contributed by atoms with Gasteiger partial charge in [0, 0.05) is 13.0 Å². The highest BCUT2D eigenvalue weighted by Gasteiger charge is 2.01. The minimum Gasteiger partial charge on any atom is -0.463 e. The largest absolute Gasteiger partial charge is 0.463 e. The highest BCUT2D eigenvalue weighted by molar-refractivity contribution is 5.69. The molecule has 3 heteroatoms. The molecule has 0 aromatic heterocycles. The van der Waals surface area contributed by atoms with Gasteiger partial charge in [0.25, 0.3) is 0 Å². The van der Waals surface area contributed by atoms with Gasteiger partial charge >= 0.3 is 5.97 Å². The van der Waals surface area contributed by atoms with Crippen molar-refractivity contribution in [2.75, 3.05) is 19.8 Å². The van der Waals surface area contributed by atoms with Gasteiger partial charge in [-0.3, -0.25) is 4.79 Å². The quantitative estimate of drug-likeness (QED) is 0.318. The molecule has 0 aromatic carbocycles. The Kier molecular flexibility index (Phi) is 16.0. The fourth-order valence-electron chi connectivity index (χ4n) is 2.07. The molecule has 0 amide bonds. The second kappa shape index (κ2) is 16.5. The smallest absolute Gasteiger partial charge is 0.305 e. The van der Waals surface area contributed by atoms with E-state index >= 15 is 0 Å². The number of hydrogen-bond acceptors (Lipinski definition) is 3. The number of esters is 1. The van der Waals surface area contributed by atoms with E-state index in [4.69, 9.17) is 9.47 Å². The molecular formula is C17H34O3. The van der Waals surface area contributed by atoms with Crippen LogP contribution in [0.15, 0.2) is 0 Å². The summed E-state index contributed by atoms with van der Waals surface area (Å²) in [5.74, 6) is -0.0794. The van der Waals surface area contributed by atoms with Gasteiger partial charge in [0.1, 0.15) is 6.61 Å². The van der Waals surface area contributed by atoms with E-state index in [-0.39, 0.29) is 5.97 Å². The summed E-state index contributed by atoms with van der Waals surface area (Å²) in [6.45, 7) is 6.13. The van der Waals surface area contributed by atoms with Crippen molar-refractivity contribution in [1.29, 1.82) is 0 Å². The van der Waals surface area contributed by atoms with Crippen LogP contribution < -0.4 is 0 Å². The number of hydrogen-bond donors (Lipinski definition) is 0. The lowest BCUT2D eigenvalue weighted by Gasteiger charge is -2.06. The Labute approximate surface area is 125 Å². The lowest BCUT2D eigenvalue weighted by molar-refractivity contribution is -0.145. The van der Waals surface area contributed by atoms with Crippen LogP contribution >= 0.6 is 0 Å². The van der Waals surface area contributed by atoms with Crippen molar-refractivity contribution < 1.29 is 14.3 Å². The maximum absolute atomic E-state index is 11.4. The van der Waals surface area contributed by atoms with E-state index in [9.17, 15) is 4.79 Å². The molecule has 0 fully saturated rings. The minimum atomic E-state index is -0.0794. The summed E-state index contributed by atoms with van der Waals surface area (Å²) in [6, 6.07) is 0. The molecule has 0 rings (SSSR count). The Morgan fingerprint density at radius 3 is 2.00 bits per heavy atom. The molecule has 120 valence electrons. The van der Waals surface area contributed by atoms with Crippen LogP contribution in [-0.4, -0.2) is 25.8 Å².